The first-order valence-corrected chi connectivity index (χ1v) is 16.0. The van der Waals surface area contributed by atoms with E-state index in [0.29, 0.717) is 13.0 Å². The fraction of sp³-hybridized carbons (Fsp3) is 0.375. The minimum atomic E-state index is -4.16. The van der Waals surface area contributed by atoms with E-state index in [1.807, 2.05) is 44.2 Å². The second-order valence-electron chi connectivity index (χ2n) is 11.2. The zero-order valence-corrected chi connectivity index (χ0v) is 25.9. The first kappa shape index (κ1) is 33.8. The van der Waals surface area contributed by atoms with Crippen molar-refractivity contribution in [1.82, 2.24) is 9.62 Å². The number of ether oxygens (including phenoxy) is 2. The maximum atomic E-state index is 14.1. The summed E-state index contributed by atoms with van der Waals surface area (Å²) in [6.07, 6.45) is -1.65. The standard InChI is InChI=1S/C32H38FN3O8S/c1-21(2)18-36(19-29(38)27(17-22-7-4-3-5-8-22)35-32(40)44-24-15-16-43-20-24)45(41,42)25-13-11-23(12-14-25)34-31(39)30-26(33)9-6-10-28(30)37/h3-14,21,24,27,29,37-38H,15-20H2,1-2H3,(H,34,39)(H,35,40)/t24?,27-,29+/m0/s1. The molecule has 4 rings (SSSR count). The fourth-order valence-electron chi connectivity index (χ4n) is 4.90. The molecule has 0 bridgehead atoms. The zero-order valence-electron chi connectivity index (χ0n) is 25.1. The number of aromatic hydroxyl groups is 1. The van der Waals surface area contributed by atoms with E-state index in [4.69, 9.17) is 9.47 Å². The SMILES string of the molecule is CC(C)CN(C[C@@H](O)[C@H](Cc1ccccc1)NC(=O)OC1CCOC1)S(=O)(=O)c1ccc(NC(=O)c2c(O)cccc2F)cc1. The highest BCUT2D eigenvalue weighted by molar-refractivity contribution is 7.89. The topological polar surface area (TPSA) is 154 Å². The molecule has 1 aliphatic rings. The molecule has 1 unspecified atom stereocenters. The van der Waals surface area contributed by atoms with Gasteiger partial charge in [0.25, 0.3) is 5.91 Å². The average Bonchev–Trinajstić information content (AvgIpc) is 3.50. The van der Waals surface area contributed by atoms with E-state index < -0.39 is 57.4 Å². The van der Waals surface area contributed by atoms with Crippen LogP contribution in [-0.4, -0.2) is 79.5 Å². The lowest BCUT2D eigenvalue weighted by molar-refractivity contribution is 0.0644. The lowest BCUT2D eigenvalue weighted by Crippen LogP contribution is -2.51. The minimum Gasteiger partial charge on any atom is -0.507 e. The van der Waals surface area contributed by atoms with Gasteiger partial charge in [0.05, 0.1) is 30.3 Å². The second-order valence-corrected chi connectivity index (χ2v) is 13.2. The molecule has 1 saturated heterocycles. The molecule has 2 amide bonds. The van der Waals surface area contributed by atoms with E-state index in [1.165, 1.54) is 36.4 Å². The van der Waals surface area contributed by atoms with Crippen molar-refractivity contribution >= 4 is 27.7 Å². The molecule has 3 aromatic carbocycles. The van der Waals surface area contributed by atoms with E-state index >= 15 is 0 Å². The molecule has 0 saturated carbocycles. The van der Waals surface area contributed by atoms with Crippen LogP contribution in [0.15, 0.2) is 77.7 Å². The van der Waals surface area contributed by atoms with Crippen molar-refractivity contribution in [3.05, 3.63) is 89.7 Å². The number of carbonyl (C=O) groups excluding carboxylic acids is 2. The summed E-state index contributed by atoms with van der Waals surface area (Å²) >= 11 is 0. The number of sulfonamides is 1. The molecule has 3 aromatic rings. The van der Waals surface area contributed by atoms with Crippen LogP contribution < -0.4 is 10.6 Å². The smallest absolute Gasteiger partial charge is 0.407 e. The van der Waals surface area contributed by atoms with Crippen LogP contribution in [0.4, 0.5) is 14.9 Å². The van der Waals surface area contributed by atoms with Crippen molar-refractivity contribution in [3.8, 4) is 5.75 Å². The molecule has 0 radical (unpaired) electrons. The van der Waals surface area contributed by atoms with E-state index in [9.17, 15) is 32.6 Å². The van der Waals surface area contributed by atoms with E-state index in [0.717, 1.165) is 15.9 Å². The Kier molecular flexibility index (Phi) is 11.5. The van der Waals surface area contributed by atoms with E-state index in [2.05, 4.69) is 10.6 Å². The van der Waals surface area contributed by atoms with Crippen LogP contribution in [0.25, 0.3) is 0 Å². The van der Waals surface area contributed by atoms with Gasteiger partial charge in [-0.2, -0.15) is 4.31 Å². The summed E-state index contributed by atoms with van der Waals surface area (Å²) in [6.45, 7) is 4.20. The van der Waals surface area contributed by atoms with Crippen LogP contribution in [0.2, 0.25) is 0 Å². The molecule has 11 nitrogen and oxygen atoms in total. The van der Waals surface area contributed by atoms with Gasteiger partial charge in [-0.15, -0.1) is 0 Å². The maximum Gasteiger partial charge on any atom is 0.407 e. The van der Waals surface area contributed by atoms with E-state index in [1.54, 1.807) is 0 Å². The van der Waals surface area contributed by atoms with Crippen LogP contribution >= 0.6 is 0 Å². The molecule has 1 heterocycles. The van der Waals surface area contributed by atoms with Gasteiger partial charge in [-0.25, -0.2) is 17.6 Å². The Balaban J connectivity index is 1.51. The Labute approximate surface area is 262 Å². The molecule has 0 aromatic heterocycles. The number of amides is 2. The van der Waals surface area contributed by atoms with Crippen molar-refractivity contribution in [2.24, 2.45) is 5.92 Å². The highest BCUT2D eigenvalue weighted by Gasteiger charge is 2.32. The van der Waals surface area contributed by atoms with Crippen molar-refractivity contribution in [3.63, 3.8) is 0 Å². The Bertz CT molecular complexity index is 1530. The number of nitrogens with one attached hydrogen (secondary N) is 2. The molecule has 0 spiro atoms. The van der Waals surface area contributed by atoms with Gasteiger partial charge in [0.2, 0.25) is 10.0 Å². The van der Waals surface area contributed by atoms with Gasteiger partial charge >= 0.3 is 6.09 Å². The lowest BCUT2D eigenvalue weighted by atomic mass is 10.0. The molecule has 0 aliphatic carbocycles. The molecule has 1 fully saturated rings. The van der Waals surface area contributed by atoms with Crippen molar-refractivity contribution in [2.75, 3.05) is 31.6 Å². The van der Waals surface area contributed by atoms with Gasteiger partial charge in [0, 0.05) is 25.2 Å². The normalized spacial score (nSPS) is 16.4. The third kappa shape index (κ3) is 9.24. The highest BCUT2D eigenvalue weighted by Crippen LogP contribution is 2.24. The summed E-state index contributed by atoms with van der Waals surface area (Å²) < 4.78 is 53.5. The van der Waals surface area contributed by atoms with Crippen LogP contribution in [0.5, 0.6) is 5.75 Å². The highest BCUT2D eigenvalue weighted by atomic mass is 32.2. The largest absolute Gasteiger partial charge is 0.507 e. The first-order chi connectivity index (χ1) is 21.4. The van der Waals surface area contributed by atoms with Crippen molar-refractivity contribution in [1.29, 1.82) is 0 Å². The molecular weight excluding hydrogens is 605 g/mol. The maximum absolute atomic E-state index is 14.1. The summed E-state index contributed by atoms with van der Waals surface area (Å²) in [6, 6.07) is 17.0. The lowest BCUT2D eigenvalue weighted by Gasteiger charge is -2.30. The molecular formula is C32H38FN3O8S. The third-order valence-corrected chi connectivity index (χ3v) is 9.00. The second kappa shape index (κ2) is 15.3. The number of benzene rings is 3. The summed E-state index contributed by atoms with van der Waals surface area (Å²) in [4.78, 5) is 25.2. The number of hydrogen-bond donors (Lipinski definition) is 4. The summed E-state index contributed by atoms with van der Waals surface area (Å²) in [5, 5.41) is 26.4. The number of aliphatic hydroxyl groups excluding tert-OH is 1. The number of anilines is 1. The number of aliphatic hydroxyl groups is 1. The van der Waals surface area contributed by atoms with Crippen LogP contribution in [0, 0.1) is 11.7 Å². The molecule has 3 atom stereocenters. The third-order valence-electron chi connectivity index (χ3n) is 7.16. The predicted octanol–water partition coefficient (Wildman–Crippen LogP) is 3.92. The molecule has 4 N–H and O–H groups in total. The van der Waals surface area contributed by atoms with Crippen molar-refractivity contribution < 1.29 is 42.1 Å². The fourth-order valence-corrected chi connectivity index (χ4v) is 6.52. The molecule has 13 heteroatoms. The van der Waals surface area contributed by atoms with Gasteiger partial charge in [-0.3, -0.25) is 4.79 Å². The van der Waals surface area contributed by atoms with Gasteiger partial charge in [-0.1, -0.05) is 50.2 Å². The number of phenols is 1. The quantitative estimate of drug-likeness (QED) is 0.219. The van der Waals surface area contributed by atoms with Gasteiger partial charge in [0.15, 0.2) is 0 Å². The Morgan fingerprint density at radius 1 is 1.04 bits per heavy atom. The molecule has 45 heavy (non-hydrogen) atoms. The summed E-state index contributed by atoms with van der Waals surface area (Å²) in [5.41, 5.74) is 0.464. The molecule has 1 aliphatic heterocycles. The minimum absolute atomic E-state index is 0.0758. The van der Waals surface area contributed by atoms with Gasteiger partial charge in [0.1, 0.15) is 23.2 Å². The van der Waals surface area contributed by atoms with Crippen LogP contribution in [-0.2, 0) is 25.9 Å². The zero-order chi connectivity index (χ0) is 32.6. The average molecular weight is 644 g/mol. The summed E-state index contributed by atoms with van der Waals surface area (Å²) in [7, 11) is -4.16. The Morgan fingerprint density at radius 2 is 1.76 bits per heavy atom. The number of hydrogen-bond acceptors (Lipinski definition) is 8. The number of phenolic OH excluding ortho intramolecular Hbond substituents is 1. The van der Waals surface area contributed by atoms with Crippen LogP contribution in [0.3, 0.4) is 0 Å². The monoisotopic (exact) mass is 643 g/mol. The van der Waals surface area contributed by atoms with Crippen LogP contribution in [0.1, 0.15) is 36.2 Å². The van der Waals surface area contributed by atoms with Crippen molar-refractivity contribution in [2.45, 2.75) is 49.8 Å². The predicted molar refractivity (Wildman–Crippen MR) is 165 cm³/mol. The van der Waals surface area contributed by atoms with Gasteiger partial charge < -0.3 is 30.3 Å². The Hall–Kier alpha value is -4.04. The Morgan fingerprint density at radius 3 is 2.38 bits per heavy atom. The number of alkyl carbamates (subject to hydrolysis) is 1. The van der Waals surface area contributed by atoms with Gasteiger partial charge in [-0.05, 0) is 54.3 Å². The number of nitrogens with zero attached hydrogens (tertiary/aromatic N) is 1. The number of carbonyl (C=O) groups is 2. The number of halogens is 1. The number of rotatable bonds is 13. The van der Waals surface area contributed by atoms with E-state index in [-0.39, 0.29) is 42.6 Å². The summed E-state index contributed by atoms with van der Waals surface area (Å²) in [5.74, 6) is -2.44. The molecule has 242 valence electrons. The first-order valence-electron chi connectivity index (χ1n) is 14.6.